The topological polar surface area (TPSA) is 173 Å². The standard InChI is InChI=1S/C40H55N5O7S3/c1-5-13-30(34(47)25-55(51,52)28-16-10-7-11-17-28)43-37(49)32-23-40(53-20-12-21-54-40)26-45(32)38(50)35(39(2,3)4)44-36(48)29(27-14-8-6-9-15-27)22-33(46)31-24-41-18-19-42-31/h7,10-11,16-19,24,27,29-30,32,35H,5-6,8-9,12-15,20-23,25-26H2,1-4H3,(H,43,49)(H,44,48)/t29-,30-,32-,35+/m0/s1. The zero-order valence-corrected chi connectivity index (χ0v) is 34.8. The van der Waals surface area contributed by atoms with Crippen molar-refractivity contribution in [3.8, 4) is 0 Å². The first-order valence-corrected chi connectivity index (χ1v) is 23.1. The average molecular weight is 814 g/mol. The predicted molar refractivity (Wildman–Crippen MR) is 215 cm³/mol. The molecular weight excluding hydrogens is 759 g/mol. The number of rotatable bonds is 15. The summed E-state index contributed by atoms with van der Waals surface area (Å²) in [5, 5.41) is 5.93. The fourth-order valence-electron chi connectivity index (χ4n) is 7.82. The number of carbonyl (C=O) groups excluding carboxylic acids is 5. The van der Waals surface area contributed by atoms with E-state index in [9.17, 15) is 32.4 Å². The molecule has 3 fully saturated rings. The molecule has 1 saturated carbocycles. The van der Waals surface area contributed by atoms with Gasteiger partial charge in [0.05, 0.1) is 21.2 Å². The highest BCUT2D eigenvalue weighted by Gasteiger charge is 2.53. The number of carbonyl (C=O) groups is 5. The van der Waals surface area contributed by atoms with E-state index in [4.69, 9.17) is 0 Å². The van der Waals surface area contributed by atoms with E-state index in [0.717, 1.165) is 50.0 Å². The Labute approximate surface area is 333 Å². The number of nitrogens with one attached hydrogen (secondary N) is 2. The van der Waals surface area contributed by atoms with Gasteiger partial charge in [-0.1, -0.05) is 71.6 Å². The Morgan fingerprint density at radius 3 is 2.27 bits per heavy atom. The van der Waals surface area contributed by atoms with E-state index < -0.39 is 66.7 Å². The molecule has 0 bridgehead atoms. The molecule has 12 nitrogen and oxygen atoms in total. The van der Waals surface area contributed by atoms with Crippen molar-refractivity contribution in [3.05, 3.63) is 54.6 Å². The fourth-order valence-corrected chi connectivity index (χ4v) is 12.5. The lowest BCUT2D eigenvalue weighted by molar-refractivity contribution is -0.145. The monoisotopic (exact) mass is 813 g/mol. The van der Waals surface area contributed by atoms with Crippen LogP contribution in [0.2, 0.25) is 0 Å². The van der Waals surface area contributed by atoms with Crippen molar-refractivity contribution in [2.45, 2.75) is 119 Å². The summed E-state index contributed by atoms with van der Waals surface area (Å²) in [6.07, 6.45) is 11.0. The van der Waals surface area contributed by atoms with Crippen molar-refractivity contribution in [2.24, 2.45) is 17.3 Å². The number of hydrogen-bond donors (Lipinski definition) is 2. The quantitative estimate of drug-likeness (QED) is 0.225. The molecule has 3 aliphatic rings. The second-order valence-electron chi connectivity index (χ2n) is 16.1. The van der Waals surface area contributed by atoms with Crippen LogP contribution in [-0.4, -0.2) is 98.6 Å². The van der Waals surface area contributed by atoms with Crippen molar-refractivity contribution in [3.63, 3.8) is 0 Å². The van der Waals surface area contributed by atoms with Crippen LogP contribution >= 0.6 is 23.5 Å². The van der Waals surface area contributed by atoms with E-state index in [-0.39, 0.29) is 47.6 Å². The van der Waals surface area contributed by atoms with Gasteiger partial charge in [-0.15, -0.1) is 23.5 Å². The van der Waals surface area contributed by atoms with Crippen LogP contribution in [0.4, 0.5) is 0 Å². The van der Waals surface area contributed by atoms with E-state index in [2.05, 4.69) is 20.6 Å². The molecule has 300 valence electrons. The molecule has 2 aliphatic heterocycles. The number of benzene rings is 1. The Morgan fingerprint density at radius 2 is 1.65 bits per heavy atom. The van der Waals surface area contributed by atoms with E-state index in [0.29, 0.717) is 12.8 Å². The maximum Gasteiger partial charge on any atom is 0.246 e. The minimum Gasteiger partial charge on any atom is -0.344 e. The van der Waals surface area contributed by atoms with Crippen LogP contribution in [-0.2, 0) is 29.0 Å². The number of hydrogen-bond acceptors (Lipinski definition) is 11. The van der Waals surface area contributed by atoms with Gasteiger partial charge in [-0.2, -0.15) is 0 Å². The van der Waals surface area contributed by atoms with Crippen LogP contribution in [0, 0.1) is 17.3 Å². The Bertz CT molecular complexity index is 1780. The number of sulfone groups is 1. The van der Waals surface area contributed by atoms with E-state index in [1.54, 1.807) is 46.6 Å². The molecule has 1 aromatic heterocycles. The van der Waals surface area contributed by atoms with Gasteiger partial charge in [-0.25, -0.2) is 13.4 Å². The molecule has 1 spiro atoms. The van der Waals surface area contributed by atoms with Crippen LogP contribution in [0.15, 0.2) is 53.8 Å². The number of likely N-dealkylation sites (tertiary alicyclic amines) is 1. The molecule has 2 aromatic rings. The van der Waals surface area contributed by atoms with Crippen molar-refractivity contribution in [2.75, 3.05) is 23.8 Å². The van der Waals surface area contributed by atoms with Gasteiger partial charge in [0.15, 0.2) is 21.4 Å². The molecule has 4 atom stereocenters. The Balaban J connectivity index is 1.39. The van der Waals surface area contributed by atoms with Crippen molar-refractivity contribution in [1.82, 2.24) is 25.5 Å². The smallest absolute Gasteiger partial charge is 0.246 e. The molecule has 0 radical (unpaired) electrons. The lowest BCUT2D eigenvalue weighted by Gasteiger charge is -2.38. The highest BCUT2D eigenvalue weighted by atomic mass is 32.2. The van der Waals surface area contributed by atoms with Crippen LogP contribution in [0.3, 0.4) is 0 Å². The summed E-state index contributed by atoms with van der Waals surface area (Å²) in [5.74, 6) is -1.91. The van der Waals surface area contributed by atoms with Crippen LogP contribution in [0.1, 0.15) is 102 Å². The van der Waals surface area contributed by atoms with E-state index >= 15 is 0 Å². The number of Topliss-reactive ketones (excluding diaryl/α,β-unsaturated/α-hetero) is 2. The summed E-state index contributed by atoms with van der Waals surface area (Å²) < 4.78 is 25.8. The molecule has 1 aliphatic carbocycles. The summed E-state index contributed by atoms with van der Waals surface area (Å²) >= 11 is 3.45. The zero-order chi connectivity index (χ0) is 39.8. The first-order chi connectivity index (χ1) is 26.1. The van der Waals surface area contributed by atoms with Gasteiger partial charge in [0.25, 0.3) is 0 Å². The molecule has 2 N–H and O–H groups in total. The highest BCUT2D eigenvalue weighted by molar-refractivity contribution is 8.18. The van der Waals surface area contributed by atoms with Gasteiger partial charge >= 0.3 is 0 Å². The minimum atomic E-state index is -3.94. The summed E-state index contributed by atoms with van der Waals surface area (Å²) in [5.41, 5.74) is -0.578. The zero-order valence-electron chi connectivity index (χ0n) is 32.3. The molecule has 55 heavy (non-hydrogen) atoms. The molecule has 3 heterocycles. The number of ketones is 2. The van der Waals surface area contributed by atoms with Gasteiger partial charge < -0.3 is 15.5 Å². The van der Waals surface area contributed by atoms with Crippen molar-refractivity contribution in [1.29, 1.82) is 0 Å². The van der Waals surface area contributed by atoms with E-state index in [1.165, 1.54) is 30.7 Å². The Hall–Kier alpha value is -3.30. The van der Waals surface area contributed by atoms with Crippen molar-refractivity contribution < 1.29 is 32.4 Å². The fraction of sp³-hybridized carbons (Fsp3) is 0.625. The lowest BCUT2D eigenvalue weighted by Crippen LogP contribution is -2.59. The highest BCUT2D eigenvalue weighted by Crippen LogP contribution is 2.51. The first kappa shape index (κ1) is 42.8. The maximum atomic E-state index is 14.9. The predicted octanol–water partition coefficient (Wildman–Crippen LogP) is 5.27. The maximum absolute atomic E-state index is 14.9. The largest absolute Gasteiger partial charge is 0.344 e. The average Bonchev–Trinajstić information content (AvgIpc) is 3.54. The second kappa shape index (κ2) is 18.8. The van der Waals surface area contributed by atoms with Crippen molar-refractivity contribution >= 4 is 62.6 Å². The first-order valence-electron chi connectivity index (χ1n) is 19.4. The summed E-state index contributed by atoms with van der Waals surface area (Å²) in [6, 6.07) is 4.73. The second-order valence-corrected chi connectivity index (χ2v) is 21.3. The van der Waals surface area contributed by atoms with Gasteiger partial charge in [-0.05, 0) is 60.7 Å². The third kappa shape index (κ3) is 11.0. The number of nitrogens with zero attached hydrogens (tertiary/aromatic N) is 3. The lowest BCUT2D eigenvalue weighted by atomic mass is 9.76. The van der Waals surface area contributed by atoms with Gasteiger partial charge in [0.1, 0.15) is 23.5 Å². The number of aromatic nitrogens is 2. The molecule has 0 unspecified atom stereocenters. The minimum absolute atomic E-state index is 0.0323. The Morgan fingerprint density at radius 1 is 0.964 bits per heavy atom. The van der Waals surface area contributed by atoms with E-state index in [1.807, 2.05) is 27.7 Å². The molecule has 2 saturated heterocycles. The third-order valence-corrected chi connectivity index (χ3v) is 15.8. The molecule has 5 rings (SSSR count). The van der Waals surface area contributed by atoms with Crippen LogP contribution < -0.4 is 10.6 Å². The summed E-state index contributed by atoms with van der Waals surface area (Å²) in [4.78, 5) is 80.3. The molecular formula is C40H55N5O7S3. The third-order valence-electron chi connectivity index (χ3n) is 10.8. The summed E-state index contributed by atoms with van der Waals surface area (Å²) in [6.45, 7) is 7.72. The number of amides is 3. The normalized spacial score (nSPS) is 20.7. The van der Waals surface area contributed by atoms with Gasteiger partial charge in [0.2, 0.25) is 17.7 Å². The van der Waals surface area contributed by atoms with Gasteiger partial charge in [0, 0.05) is 37.7 Å². The summed E-state index contributed by atoms with van der Waals surface area (Å²) in [7, 11) is -3.94. The molecule has 3 amide bonds. The van der Waals surface area contributed by atoms with Gasteiger partial charge in [-0.3, -0.25) is 29.0 Å². The van der Waals surface area contributed by atoms with Crippen LogP contribution in [0.25, 0.3) is 0 Å². The molecule has 15 heteroatoms. The number of thioether (sulfide) groups is 2. The SMILES string of the molecule is CCC[C@H](NC(=O)[C@@H]1CC2(CN1C(=O)[C@@H](NC(=O)[C@@H](CC(=O)c1cnccn1)C1CCCCC1)C(C)(C)C)SCCCS2)C(=O)CS(=O)(=O)c1ccccc1. The molecule has 1 aromatic carbocycles. The Kier molecular flexibility index (Phi) is 14.6. The van der Waals surface area contributed by atoms with Crippen LogP contribution in [0.5, 0.6) is 0 Å².